The van der Waals surface area contributed by atoms with Crippen molar-refractivity contribution in [2.24, 2.45) is 5.73 Å². The van der Waals surface area contributed by atoms with Gasteiger partial charge in [0.1, 0.15) is 0 Å². The number of phenolic OH excluding ortho intramolecular Hbond substituents is 1. The van der Waals surface area contributed by atoms with Gasteiger partial charge in [0.05, 0.1) is 7.11 Å². The third-order valence-corrected chi connectivity index (χ3v) is 1.73. The Hall–Kier alpha value is -0.930. The Balaban J connectivity index is 0.00000144. The average Bonchev–Trinajstić information content (AvgIpc) is 2.05. The molecule has 1 aromatic rings. The number of hydrogen-bond acceptors (Lipinski definition) is 3. The molecule has 0 unspecified atom stereocenters. The minimum Gasteiger partial charge on any atom is -0.504 e. The molecule has 3 N–H and O–H groups in total. The molecule has 3 nitrogen and oxygen atoms in total. The molecule has 0 fully saturated rings. The molecule has 0 saturated heterocycles. The van der Waals surface area contributed by atoms with E-state index in [4.69, 9.17) is 10.5 Å². The molecule has 13 heavy (non-hydrogen) atoms. The van der Waals surface area contributed by atoms with Crippen molar-refractivity contribution in [3.05, 3.63) is 23.8 Å². The van der Waals surface area contributed by atoms with E-state index in [1.165, 1.54) is 7.11 Å². The lowest BCUT2D eigenvalue weighted by Crippen LogP contribution is -2.04. The summed E-state index contributed by atoms with van der Waals surface area (Å²) in [5.41, 5.74) is 6.60. The molecule has 0 heterocycles. The number of phenols is 1. The van der Waals surface area contributed by atoms with Gasteiger partial charge in [-0.1, -0.05) is 6.07 Å². The second-order valence-electron chi connectivity index (χ2n) is 2.72. The smallest absolute Gasteiger partial charge is 0.160 e. The van der Waals surface area contributed by atoms with Gasteiger partial charge < -0.3 is 15.6 Å². The van der Waals surface area contributed by atoms with Gasteiger partial charge in [0, 0.05) is 6.04 Å². The summed E-state index contributed by atoms with van der Waals surface area (Å²) in [4.78, 5) is 0. The van der Waals surface area contributed by atoms with Gasteiger partial charge in [-0.25, -0.2) is 0 Å². The summed E-state index contributed by atoms with van der Waals surface area (Å²) >= 11 is 0. The van der Waals surface area contributed by atoms with Gasteiger partial charge in [-0.15, -0.1) is 12.4 Å². The van der Waals surface area contributed by atoms with Crippen molar-refractivity contribution in [2.45, 2.75) is 13.0 Å². The topological polar surface area (TPSA) is 55.5 Å². The second kappa shape index (κ2) is 4.94. The monoisotopic (exact) mass is 203 g/mol. The van der Waals surface area contributed by atoms with E-state index in [1.807, 2.05) is 6.92 Å². The van der Waals surface area contributed by atoms with E-state index in [1.54, 1.807) is 18.2 Å². The molecule has 0 aliphatic carbocycles. The van der Waals surface area contributed by atoms with Crippen LogP contribution < -0.4 is 10.5 Å². The van der Waals surface area contributed by atoms with Crippen molar-refractivity contribution in [3.63, 3.8) is 0 Å². The fourth-order valence-corrected chi connectivity index (χ4v) is 0.977. The van der Waals surface area contributed by atoms with E-state index in [-0.39, 0.29) is 24.2 Å². The summed E-state index contributed by atoms with van der Waals surface area (Å²) < 4.78 is 4.93. The highest BCUT2D eigenvalue weighted by Gasteiger charge is 2.04. The van der Waals surface area contributed by atoms with Crippen LogP contribution in [0.4, 0.5) is 0 Å². The maximum Gasteiger partial charge on any atom is 0.160 e. The van der Waals surface area contributed by atoms with Crippen LogP contribution in [0.25, 0.3) is 0 Å². The maximum atomic E-state index is 9.25. The third-order valence-electron chi connectivity index (χ3n) is 1.73. The number of ether oxygens (including phenoxy) is 1. The number of methoxy groups -OCH3 is 1. The quantitative estimate of drug-likeness (QED) is 0.771. The van der Waals surface area contributed by atoms with Crippen molar-refractivity contribution >= 4 is 12.4 Å². The number of hydrogen-bond donors (Lipinski definition) is 2. The van der Waals surface area contributed by atoms with Crippen LogP contribution in [0.15, 0.2) is 18.2 Å². The van der Waals surface area contributed by atoms with E-state index in [2.05, 4.69) is 0 Å². The Labute approximate surface area is 83.9 Å². The van der Waals surface area contributed by atoms with Gasteiger partial charge in [0.25, 0.3) is 0 Å². The van der Waals surface area contributed by atoms with E-state index in [0.717, 1.165) is 5.56 Å². The molecule has 0 bridgehead atoms. The lowest BCUT2D eigenvalue weighted by molar-refractivity contribution is 0.372. The Morgan fingerprint density at radius 3 is 2.54 bits per heavy atom. The highest BCUT2D eigenvalue weighted by molar-refractivity contribution is 5.85. The maximum absolute atomic E-state index is 9.25. The lowest BCUT2D eigenvalue weighted by atomic mass is 10.1. The Kier molecular flexibility index (Phi) is 4.59. The van der Waals surface area contributed by atoms with Crippen molar-refractivity contribution in [3.8, 4) is 11.5 Å². The van der Waals surface area contributed by atoms with E-state index >= 15 is 0 Å². The van der Waals surface area contributed by atoms with E-state index in [0.29, 0.717) is 5.75 Å². The SMILES string of the molecule is COc1cc([C@@H](C)N)ccc1O.Cl. The highest BCUT2D eigenvalue weighted by atomic mass is 35.5. The predicted molar refractivity (Wildman–Crippen MR) is 54.5 cm³/mol. The molecule has 1 aromatic carbocycles. The van der Waals surface area contributed by atoms with Crippen LogP contribution in [0.5, 0.6) is 11.5 Å². The second-order valence-corrected chi connectivity index (χ2v) is 2.72. The first-order valence-electron chi connectivity index (χ1n) is 3.77. The van der Waals surface area contributed by atoms with Crippen LogP contribution in [0.2, 0.25) is 0 Å². The summed E-state index contributed by atoms with van der Waals surface area (Å²) in [5, 5.41) is 9.25. The number of nitrogens with two attached hydrogens (primary N) is 1. The number of aromatic hydroxyl groups is 1. The largest absolute Gasteiger partial charge is 0.504 e. The zero-order valence-electron chi connectivity index (χ0n) is 7.65. The first kappa shape index (κ1) is 12.1. The molecule has 0 spiro atoms. The molecule has 1 rings (SSSR count). The fourth-order valence-electron chi connectivity index (χ4n) is 0.977. The molecule has 0 radical (unpaired) electrons. The van der Waals surface area contributed by atoms with Gasteiger partial charge in [-0.05, 0) is 24.6 Å². The van der Waals surface area contributed by atoms with Crippen LogP contribution in [0, 0.1) is 0 Å². The van der Waals surface area contributed by atoms with Crippen molar-refractivity contribution in [1.29, 1.82) is 0 Å². The van der Waals surface area contributed by atoms with Crippen molar-refractivity contribution in [1.82, 2.24) is 0 Å². The summed E-state index contributed by atoms with van der Waals surface area (Å²) in [6.07, 6.45) is 0. The minimum absolute atomic E-state index is 0. The zero-order chi connectivity index (χ0) is 9.14. The van der Waals surface area contributed by atoms with Gasteiger partial charge >= 0.3 is 0 Å². The van der Waals surface area contributed by atoms with Crippen LogP contribution in [-0.4, -0.2) is 12.2 Å². The number of halogens is 1. The number of rotatable bonds is 2. The molecule has 0 aliphatic heterocycles. The van der Waals surface area contributed by atoms with Gasteiger partial charge in [-0.3, -0.25) is 0 Å². The Morgan fingerprint density at radius 2 is 2.08 bits per heavy atom. The van der Waals surface area contributed by atoms with E-state index in [9.17, 15) is 5.11 Å². The first-order valence-corrected chi connectivity index (χ1v) is 3.77. The standard InChI is InChI=1S/C9H13NO2.ClH/c1-6(10)7-3-4-8(11)9(5-7)12-2;/h3-6,11H,10H2,1-2H3;1H/t6-;/m1./s1. The summed E-state index contributed by atoms with van der Waals surface area (Å²) in [6.45, 7) is 1.88. The normalized spacial score (nSPS) is 11.6. The molecule has 74 valence electrons. The zero-order valence-corrected chi connectivity index (χ0v) is 8.47. The van der Waals surface area contributed by atoms with E-state index < -0.39 is 0 Å². The molecule has 1 atom stereocenters. The first-order chi connectivity index (χ1) is 5.65. The Morgan fingerprint density at radius 1 is 1.46 bits per heavy atom. The van der Waals surface area contributed by atoms with Gasteiger partial charge in [0.15, 0.2) is 11.5 Å². The Bertz CT molecular complexity index is 276. The summed E-state index contributed by atoms with van der Waals surface area (Å²) in [5.74, 6) is 0.603. The minimum atomic E-state index is -0.0421. The summed E-state index contributed by atoms with van der Waals surface area (Å²) in [6, 6.07) is 5.06. The van der Waals surface area contributed by atoms with Crippen molar-refractivity contribution < 1.29 is 9.84 Å². The molecule has 0 aromatic heterocycles. The third kappa shape index (κ3) is 2.79. The van der Waals surface area contributed by atoms with Gasteiger partial charge in [-0.2, -0.15) is 0 Å². The average molecular weight is 204 g/mol. The fraction of sp³-hybridized carbons (Fsp3) is 0.333. The van der Waals surface area contributed by atoms with Crippen LogP contribution in [-0.2, 0) is 0 Å². The lowest BCUT2D eigenvalue weighted by Gasteiger charge is -2.08. The highest BCUT2D eigenvalue weighted by Crippen LogP contribution is 2.27. The number of benzene rings is 1. The molecule has 4 heteroatoms. The molecule has 0 aliphatic rings. The molecular weight excluding hydrogens is 190 g/mol. The molecule has 0 amide bonds. The van der Waals surface area contributed by atoms with Crippen LogP contribution in [0.1, 0.15) is 18.5 Å². The van der Waals surface area contributed by atoms with Crippen LogP contribution >= 0.6 is 12.4 Å². The molecular formula is C9H14ClNO2. The predicted octanol–water partition coefficient (Wildman–Crippen LogP) is 1.84. The van der Waals surface area contributed by atoms with Crippen LogP contribution in [0.3, 0.4) is 0 Å². The van der Waals surface area contributed by atoms with Crippen molar-refractivity contribution in [2.75, 3.05) is 7.11 Å². The summed E-state index contributed by atoms with van der Waals surface area (Å²) in [7, 11) is 1.51. The molecule has 0 saturated carbocycles. The van der Waals surface area contributed by atoms with Gasteiger partial charge in [0.2, 0.25) is 0 Å².